The van der Waals surface area contributed by atoms with Crippen LogP contribution in [0.1, 0.15) is 49.2 Å². The monoisotopic (exact) mass is 457 g/mol. The summed E-state index contributed by atoms with van der Waals surface area (Å²) in [5.74, 6) is 1.69. The molecule has 0 spiro atoms. The number of aliphatic imine (C=N–C) groups is 1. The van der Waals surface area contributed by atoms with Gasteiger partial charge >= 0.3 is 0 Å². The molecule has 0 unspecified atom stereocenters. The first-order valence-corrected chi connectivity index (χ1v) is 8.58. The van der Waals surface area contributed by atoms with Crippen molar-refractivity contribution in [1.29, 1.82) is 0 Å². The number of nitrogens with zero attached hydrogens (tertiary/aromatic N) is 3. The van der Waals surface area contributed by atoms with Crippen LogP contribution >= 0.6 is 24.0 Å². The molecule has 0 saturated carbocycles. The van der Waals surface area contributed by atoms with Crippen molar-refractivity contribution in [3.63, 3.8) is 0 Å². The summed E-state index contributed by atoms with van der Waals surface area (Å²) in [5, 5.41) is 10.7. The standard InChI is InChI=1S/C18H27N5O.HI/c1-5-16-15(17(6-2)24-23-16)12-21-18(19-7-3)20-11-14-10-8-9-13(4)22-14;/h8-10H,5-7,11-12H2,1-4H3,(H2,19,20,21);1H. The molecule has 0 atom stereocenters. The van der Waals surface area contributed by atoms with E-state index in [-0.39, 0.29) is 24.0 Å². The number of hydrogen-bond acceptors (Lipinski definition) is 4. The minimum atomic E-state index is 0. The number of nitrogens with one attached hydrogen (secondary N) is 2. The van der Waals surface area contributed by atoms with Gasteiger partial charge in [0.1, 0.15) is 5.76 Å². The highest BCUT2D eigenvalue weighted by Crippen LogP contribution is 2.16. The van der Waals surface area contributed by atoms with Gasteiger partial charge in [-0.1, -0.05) is 25.1 Å². The van der Waals surface area contributed by atoms with E-state index < -0.39 is 0 Å². The van der Waals surface area contributed by atoms with Crippen LogP contribution < -0.4 is 10.6 Å². The Kier molecular flexibility index (Phi) is 9.48. The third kappa shape index (κ3) is 6.30. The zero-order valence-corrected chi connectivity index (χ0v) is 17.8. The Bertz CT molecular complexity index is 662. The van der Waals surface area contributed by atoms with E-state index in [9.17, 15) is 0 Å². The number of guanidine groups is 1. The van der Waals surface area contributed by atoms with E-state index in [2.05, 4.69) is 46.5 Å². The van der Waals surface area contributed by atoms with Gasteiger partial charge in [-0.05, 0) is 32.4 Å². The smallest absolute Gasteiger partial charge is 0.191 e. The molecule has 7 heteroatoms. The summed E-state index contributed by atoms with van der Waals surface area (Å²) in [5.41, 5.74) is 4.10. The highest BCUT2D eigenvalue weighted by Gasteiger charge is 2.13. The van der Waals surface area contributed by atoms with Crippen LogP contribution in [0.2, 0.25) is 0 Å². The van der Waals surface area contributed by atoms with Crippen molar-refractivity contribution in [2.45, 2.75) is 53.6 Å². The lowest BCUT2D eigenvalue weighted by atomic mass is 10.1. The van der Waals surface area contributed by atoms with E-state index in [0.717, 1.165) is 53.8 Å². The van der Waals surface area contributed by atoms with Crippen molar-refractivity contribution < 1.29 is 4.52 Å². The molecule has 0 aliphatic carbocycles. The predicted octanol–water partition coefficient (Wildman–Crippen LogP) is 3.38. The van der Waals surface area contributed by atoms with Crippen LogP contribution in [-0.4, -0.2) is 22.6 Å². The Balaban J connectivity index is 0.00000312. The lowest BCUT2D eigenvalue weighted by Crippen LogP contribution is -2.37. The Morgan fingerprint density at radius 1 is 1.16 bits per heavy atom. The van der Waals surface area contributed by atoms with Crippen LogP contribution in [-0.2, 0) is 25.9 Å². The number of pyridine rings is 1. The second-order valence-corrected chi connectivity index (χ2v) is 5.56. The number of rotatable bonds is 7. The van der Waals surface area contributed by atoms with Gasteiger partial charge in [-0.3, -0.25) is 4.98 Å². The van der Waals surface area contributed by atoms with E-state index in [0.29, 0.717) is 13.1 Å². The number of halogens is 1. The number of hydrogen-bond donors (Lipinski definition) is 2. The topological polar surface area (TPSA) is 75.3 Å². The fourth-order valence-corrected chi connectivity index (χ4v) is 2.49. The first kappa shape index (κ1) is 21.4. The summed E-state index contributed by atoms with van der Waals surface area (Å²) in [7, 11) is 0. The largest absolute Gasteiger partial charge is 0.361 e. The quantitative estimate of drug-likeness (QED) is 0.379. The highest BCUT2D eigenvalue weighted by molar-refractivity contribution is 14.0. The van der Waals surface area contributed by atoms with Crippen LogP contribution in [0.3, 0.4) is 0 Å². The van der Waals surface area contributed by atoms with Crippen molar-refractivity contribution in [1.82, 2.24) is 20.8 Å². The maximum atomic E-state index is 5.40. The van der Waals surface area contributed by atoms with Gasteiger partial charge in [0.25, 0.3) is 0 Å². The molecular formula is C18H28IN5O. The van der Waals surface area contributed by atoms with E-state index >= 15 is 0 Å². The van der Waals surface area contributed by atoms with Gasteiger partial charge in [-0.15, -0.1) is 24.0 Å². The molecule has 0 bridgehead atoms. The Hall–Kier alpha value is -1.64. The van der Waals surface area contributed by atoms with E-state index in [1.807, 2.05) is 25.1 Å². The summed E-state index contributed by atoms with van der Waals surface area (Å²) < 4.78 is 5.40. The van der Waals surface area contributed by atoms with Crippen LogP contribution in [0.15, 0.2) is 27.7 Å². The molecule has 2 aromatic rings. The summed E-state index contributed by atoms with van der Waals surface area (Å²) in [6.07, 6.45) is 1.68. The van der Waals surface area contributed by atoms with Gasteiger partial charge < -0.3 is 15.2 Å². The first-order valence-electron chi connectivity index (χ1n) is 8.58. The van der Waals surface area contributed by atoms with Gasteiger partial charge in [0.2, 0.25) is 0 Å². The SMILES string of the molecule is CCNC(=NCc1c(CC)noc1CC)NCc1cccc(C)n1.I. The molecule has 0 saturated heterocycles. The lowest BCUT2D eigenvalue weighted by molar-refractivity contribution is 0.380. The highest BCUT2D eigenvalue weighted by atomic mass is 127. The zero-order valence-electron chi connectivity index (χ0n) is 15.4. The molecular weight excluding hydrogens is 429 g/mol. The van der Waals surface area contributed by atoms with Crippen molar-refractivity contribution >= 4 is 29.9 Å². The van der Waals surface area contributed by atoms with Crippen LogP contribution in [0.25, 0.3) is 0 Å². The minimum Gasteiger partial charge on any atom is -0.361 e. The first-order chi connectivity index (χ1) is 11.7. The maximum Gasteiger partial charge on any atom is 0.191 e. The van der Waals surface area contributed by atoms with Gasteiger partial charge in [0, 0.05) is 24.2 Å². The molecule has 0 aliphatic rings. The maximum absolute atomic E-state index is 5.40. The Morgan fingerprint density at radius 2 is 1.96 bits per heavy atom. The second kappa shape index (κ2) is 11.1. The molecule has 25 heavy (non-hydrogen) atoms. The Labute approximate surface area is 166 Å². The average Bonchev–Trinajstić information content (AvgIpc) is 2.99. The summed E-state index contributed by atoms with van der Waals surface area (Å²) in [6, 6.07) is 6.02. The average molecular weight is 457 g/mol. The van der Waals surface area contributed by atoms with E-state index in [1.54, 1.807) is 0 Å². The fourth-order valence-electron chi connectivity index (χ4n) is 2.49. The zero-order chi connectivity index (χ0) is 17.4. The van der Waals surface area contributed by atoms with Crippen molar-refractivity contribution in [2.75, 3.05) is 6.54 Å². The second-order valence-electron chi connectivity index (χ2n) is 5.56. The molecule has 0 radical (unpaired) electrons. The molecule has 0 aromatic carbocycles. The van der Waals surface area contributed by atoms with Gasteiger partial charge in [-0.2, -0.15) is 0 Å². The van der Waals surface area contributed by atoms with Crippen LogP contribution in [0, 0.1) is 6.92 Å². The molecule has 0 fully saturated rings. The molecule has 0 aliphatic heterocycles. The third-order valence-electron chi connectivity index (χ3n) is 3.73. The minimum absolute atomic E-state index is 0. The lowest BCUT2D eigenvalue weighted by Gasteiger charge is -2.11. The van der Waals surface area contributed by atoms with Crippen molar-refractivity contribution in [2.24, 2.45) is 4.99 Å². The summed E-state index contributed by atoms with van der Waals surface area (Å²) >= 11 is 0. The molecule has 0 amide bonds. The molecule has 2 heterocycles. The molecule has 6 nitrogen and oxygen atoms in total. The van der Waals surface area contributed by atoms with Gasteiger partial charge in [0.15, 0.2) is 5.96 Å². The Morgan fingerprint density at radius 3 is 2.60 bits per heavy atom. The van der Waals surface area contributed by atoms with Gasteiger partial charge in [-0.25, -0.2) is 4.99 Å². The van der Waals surface area contributed by atoms with Crippen LogP contribution in [0.5, 0.6) is 0 Å². The number of aryl methyl sites for hydroxylation is 3. The molecule has 138 valence electrons. The van der Waals surface area contributed by atoms with Crippen molar-refractivity contribution in [3.05, 3.63) is 46.6 Å². The summed E-state index contributed by atoms with van der Waals surface area (Å²) in [6.45, 7) is 10.2. The molecule has 2 aromatic heterocycles. The fraction of sp³-hybridized carbons (Fsp3) is 0.500. The molecule has 2 rings (SSSR count). The van der Waals surface area contributed by atoms with Crippen molar-refractivity contribution in [3.8, 4) is 0 Å². The predicted molar refractivity (Wildman–Crippen MR) is 111 cm³/mol. The van der Waals surface area contributed by atoms with E-state index in [1.165, 1.54) is 0 Å². The van der Waals surface area contributed by atoms with Gasteiger partial charge in [0.05, 0.1) is 24.5 Å². The number of aromatic nitrogens is 2. The van der Waals surface area contributed by atoms with E-state index in [4.69, 9.17) is 4.52 Å². The van der Waals surface area contributed by atoms with Crippen LogP contribution in [0.4, 0.5) is 0 Å². The normalized spacial score (nSPS) is 11.1. The third-order valence-corrected chi connectivity index (χ3v) is 3.73. The summed E-state index contributed by atoms with van der Waals surface area (Å²) in [4.78, 5) is 9.18. The molecule has 2 N–H and O–H groups in total.